The maximum atomic E-state index is 9.51. The number of ether oxygens (including phenoxy) is 1. The Balaban J connectivity index is 2.90. The molecular weight excluding hydrogens is 214 g/mol. The van der Waals surface area contributed by atoms with E-state index in [1.807, 2.05) is 33.0 Å². The van der Waals surface area contributed by atoms with Gasteiger partial charge in [-0.15, -0.1) is 0 Å². The molecule has 0 saturated heterocycles. The van der Waals surface area contributed by atoms with Gasteiger partial charge in [-0.25, -0.2) is 0 Å². The molecule has 0 amide bonds. The molecule has 0 aliphatic carbocycles. The Kier molecular flexibility index (Phi) is 4.52. The zero-order chi connectivity index (χ0) is 13.1. The Morgan fingerprint density at radius 1 is 1.29 bits per heavy atom. The maximum Gasteiger partial charge on any atom is 0.138 e. The summed E-state index contributed by atoms with van der Waals surface area (Å²) in [6, 6.07) is 2.01. The first kappa shape index (κ1) is 14.0. The monoisotopic (exact) mass is 237 g/mol. The number of aromatic nitrogens is 1. The van der Waals surface area contributed by atoms with Gasteiger partial charge in [0.2, 0.25) is 0 Å². The molecule has 0 aliphatic rings. The van der Waals surface area contributed by atoms with Crippen LogP contribution in [0.4, 0.5) is 0 Å². The van der Waals surface area contributed by atoms with E-state index in [1.165, 1.54) is 0 Å². The summed E-state index contributed by atoms with van der Waals surface area (Å²) in [7, 11) is 0. The van der Waals surface area contributed by atoms with E-state index in [9.17, 15) is 5.11 Å². The molecule has 1 aromatic heterocycles. The fourth-order valence-corrected chi connectivity index (χ4v) is 1.98. The summed E-state index contributed by atoms with van der Waals surface area (Å²) in [5, 5.41) is 9.51. The lowest BCUT2D eigenvalue weighted by atomic mass is 9.81. The number of hydrogen-bond donors (Lipinski definition) is 1. The van der Waals surface area contributed by atoms with Crippen LogP contribution in [-0.2, 0) is 5.41 Å². The summed E-state index contributed by atoms with van der Waals surface area (Å²) in [6.07, 6.45) is 4.10. The number of aliphatic hydroxyl groups excluding tert-OH is 1. The molecule has 1 rings (SSSR count). The van der Waals surface area contributed by atoms with Gasteiger partial charge in [0.05, 0.1) is 18.4 Å². The molecule has 1 unspecified atom stereocenters. The van der Waals surface area contributed by atoms with Crippen molar-refractivity contribution in [3.63, 3.8) is 0 Å². The summed E-state index contributed by atoms with van der Waals surface area (Å²) < 4.78 is 5.63. The topological polar surface area (TPSA) is 42.4 Å². The molecular formula is C14H23NO2. The highest BCUT2D eigenvalue weighted by atomic mass is 16.5. The molecule has 1 aromatic rings. The first-order valence-electron chi connectivity index (χ1n) is 6.11. The van der Waals surface area contributed by atoms with Crippen LogP contribution in [-0.4, -0.2) is 22.3 Å². The standard InChI is InChI=1S/C14H23NO2/c1-10(2)17-13-6-12(8-15-9-13)14(4,5)7-11(3)16/h6,8-11,16H,7H2,1-5H3. The van der Waals surface area contributed by atoms with Gasteiger partial charge >= 0.3 is 0 Å². The second-order valence-corrected chi connectivity index (χ2v) is 5.51. The van der Waals surface area contributed by atoms with Crippen LogP contribution in [0.2, 0.25) is 0 Å². The van der Waals surface area contributed by atoms with Crippen molar-refractivity contribution in [1.29, 1.82) is 0 Å². The zero-order valence-electron chi connectivity index (χ0n) is 11.4. The fourth-order valence-electron chi connectivity index (χ4n) is 1.98. The average molecular weight is 237 g/mol. The highest BCUT2D eigenvalue weighted by Crippen LogP contribution is 2.30. The maximum absolute atomic E-state index is 9.51. The minimum atomic E-state index is -0.320. The van der Waals surface area contributed by atoms with Crippen LogP contribution in [0.5, 0.6) is 5.75 Å². The van der Waals surface area contributed by atoms with Gasteiger partial charge in [0, 0.05) is 6.20 Å². The average Bonchev–Trinajstić information content (AvgIpc) is 2.15. The molecule has 0 saturated carbocycles. The predicted octanol–water partition coefficient (Wildman–Crippen LogP) is 2.92. The van der Waals surface area contributed by atoms with Gasteiger partial charge in [-0.05, 0) is 44.2 Å². The van der Waals surface area contributed by atoms with Crippen molar-refractivity contribution in [3.05, 3.63) is 24.0 Å². The van der Waals surface area contributed by atoms with E-state index in [0.29, 0.717) is 6.42 Å². The van der Waals surface area contributed by atoms with Crippen LogP contribution in [0.3, 0.4) is 0 Å². The Hall–Kier alpha value is -1.09. The molecule has 3 nitrogen and oxygen atoms in total. The number of nitrogens with zero attached hydrogens (tertiary/aromatic N) is 1. The fraction of sp³-hybridized carbons (Fsp3) is 0.643. The van der Waals surface area contributed by atoms with E-state index < -0.39 is 0 Å². The van der Waals surface area contributed by atoms with Crippen LogP contribution in [0, 0.1) is 0 Å². The third-order valence-electron chi connectivity index (χ3n) is 2.67. The van der Waals surface area contributed by atoms with Crippen molar-refractivity contribution in [2.45, 2.75) is 58.7 Å². The van der Waals surface area contributed by atoms with Crippen molar-refractivity contribution in [2.75, 3.05) is 0 Å². The van der Waals surface area contributed by atoms with Gasteiger partial charge in [0.1, 0.15) is 5.75 Å². The van der Waals surface area contributed by atoms with Gasteiger partial charge in [-0.2, -0.15) is 0 Å². The second-order valence-electron chi connectivity index (χ2n) is 5.51. The Morgan fingerprint density at radius 3 is 2.47 bits per heavy atom. The van der Waals surface area contributed by atoms with Crippen LogP contribution in [0.25, 0.3) is 0 Å². The van der Waals surface area contributed by atoms with E-state index in [1.54, 1.807) is 6.20 Å². The minimum Gasteiger partial charge on any atom is -0.489 e. The van der Waals surface area contributed by atoms with Crippen molar-refractivity contribution < 1.29 is 9.84 Å². The highest BCUT2D eigenvalue weighted by Gasteiger charge is 2.23. The predicted molar refractivity (Wildman–Crippen MR) is 69.3 cm³/mol. The third kappa shape index (κ3) is 4.35. The highest BCUT2D eigenvalue weighted by molar-refractivity contribution is 5.29. The van der Waals surface area contributed by atoms with Gasteiger partial charge in [-0.3, -0.25) is 4.98 Å². The summed E-state index contributed by atoms with van der Waals surface area (Å²) in [5.74, 6) is 0.788. The molecule has 1 N–H and O–H groups in total. The lowest BCUT2D eigenvalue weighted by Crippen LogP contribution is -2.23. The quantitative estimate of drug-likeness (QED) is 0.856. The molecule has 0 radical (unpaired) electrons. The summed E-state index contributed by atoms with van der Waals surface area (Å²) in [5.41, 5.74) is 0.994. The van der Waals surface area contributed by atoms with Gasteiger partial charge in [-0.1, -0.05) is 13.8 Å². The Labute approximate surface area is 104 Å². The summed E-state index contributed by atoms with van der Waals surface area (Å²) in [4.78, 5) is 4.20. The molecule has 0 aliphatic heterocycles. The molecule has 17 heavy (non-hydrogen) atoms. The number of aliphatic hydroxyl groups is 1. The minimum absolute atomic E-state index is 0.0997. The number of pyridine rings is 1. The van der Waals surface area contributed by atoms with Crippen molar-refractivity contribution in [2.24, 2.45) is 0 Å². The number of hydrogen-bond acceptors (Lipinski definition) is 3. The zero-order valence-corrected chi connectivity index (χ0v) is 11.4. The van der Waals surface area contributed by atoms with Gasteiger partial charge in [0.25, 0.3) is 0 Å². The Bertz CT molecular complexity index is 359. The van der Waals surface area contributed by atoms with Crippen LogP contribution in [0.15, 0.2) is 18.5 Å². The lowest BCUT2D eigenvalue weighted by molar-refractivity contribution is 0.156. The summed E-state index contributed by atoms with van der Waals surface area (Å²) >= 11 is 0. The van der Waals surface area contributed by atoms with Crippen LogP contribution >= 0.6 is 0 Å². The number of rotatable bonds is 5. The normalized spacial score (nSPS) is 13.8. The molecule has 0 fully saturated rings. The van der Waals surface area contributed by atoms with Crippen LogP contribution < -0.4 is 4.74 Å². The largest absolute Gasteiger partial charge is 0.489 e. The lowest BCUT2D eigenvalue weighted by Gasteiger charge is -2.26. The molecule has 1 atom stereocenters. The van der Waals surface area contributed by atoms with Crippen LogP contribution in [0.1, 0.15) is 46.6 Å². The third-order valence-corrected chi connectivity index (χ3v) is 2.67. The van der Waals surface area contributed by atoms with Crippen molar-refractivity contribution >= 4 is 0 Å². The molecule has 3 heteroatoms. The van der Waals surface area contributed by atoms with Crippen molar-refractivity contribution in [3.8, 4) is 5.75 Å². The van der Waals surface area contributed by atoms with E-state index >= 15 is 0 Å². The molecule has 96 valence electrons. The van der Waals surface area contributed by atoms with Crippen molar-refractivity contribution in [1.82, 2.24) is 4.98 Å². The first-order chi connectivity index (χ1) is 7.81. The SMILES string of the molecule is CC(O)CC(C)(C)c1cncc(OC(C)C)c1. The summed E-state index contributed by atoms with van der Waals surface area (Å²) in [6.45, 7) is 10.0. The van der Waals surface area contributed by atoms with E-state index in [0.717, 1.165) is 11.3 Å². The molecule has 0 spiro atoms. The molecule has 1 heterocycles. The second kappa shape index (κ2) is 5.50. The van der Waals surface area contributed by atoms with E-state index in [2.05, 4.69) is 18.8 Å². The smallest absolute Gasteiger partial charge is 0.138 e. The van der Waals surface area contributed by atoms with Gasteiger partial charge in [0.15, 0.2) is 0 Å². The molecule has 0 bridgehead atoms. The molecule has 0 aromatic carbocycles. The first-order valence-corrected chi connectivity index (χ1v) is 6.11. The Morgan fingerprint density at radius 2 is 1.94 bits per heavy atom. The van der Waals surface area contributed by atoms with E-state index in [-0.39, 0.29) is 17.6 Å². The van der Waals surface area contributed by atoms with Gasteiger partial charge < -0.3 is 9.84 Å². The van der Waals surface area contributed by atoms with E-state index in [4.69, 9.17) is 4.74 Å².